The molecule has 0 aliphatic carbocycles. The zero-order valence-electron chi connectivity index (χ0n) is 14.4. The summed E-state index contributed by atoms with van der Waals surface area (Å²) in [6.07, 6.45) is 3.98. The molecule has 2 fully saturated rings. The fourth-order valence-corrected chi connectivity index (χ4v) is 4.02. The normalized spacial score (nSPS) is 22.2. The maximum atomic E-state index is 13.2. The summed E-state index contributed by atoms with van der Waals surface area (Å²) in [5, 5.41) is 3.96. The molecule has 2 aliphatic rings. The van der Waals surface area contributed by atoms with E-state index in [1.54, 1.807) is 0 Å². The van der Waals surface area contributed by atoms with Gasteiger partial charge in [0, 0.05) is 30.8 Å². The summed E-state index contributed by atoms with van der Waals surface area (Å²) in [5.74, 6) is 0.125. The third kappa shape index (κ3) is 3.93. The quantitative estimate of drug-likeness (QED) is 0.887. The molecule has 5 heteroatoms. The Hall–Kier alpha value is -1.10. The average Bonchev–Trinajstić information content (AvgIpc) is 3.08. The molecule has 2 saturated heterocycles. The van der Waals surface area contributed by atoms with Crippen LogP contribution < -0.4 is 5.32 Å². The molecule has 1 aromatic rings. The van der Waals surface area contributed by atoms with Gasteiger partial charge in [0.1, 0.15) is 0 Å². The van der Waals surface area contributed by atoms with Gasteiger partial charge in [0.25, 0.3) is 0 Å². The first-order chi connectivity index (χ1) is 11.6. The highest BCUT2D eigenvalue weighted by Crippen LogP contribution is 2.36. The largest absolute Gasteiger partial charge is 0.381 e. The van der Waals surface area contributed by atoms with Gasteiger partial charge in [-0.2, -0.15) is 0 Å². The first kappa shape index (κ1) is 17.7. The van der Waals surface area contributed by atoms with Crippen molar-refractivity contribution in [1.29, 1.82) is 0 Å². The zero-order valence-corrected chi connectivity index (χ0v) is 15.1. The predicted molar refractivity (Wildman–Crippen MR) is 96.5 cm³/mol. The van der Waals surface area contributed by atoms with Crippen molar-refractivity contribution in [2.24, 2.45) is 0 Å². The van der Waals surface area contributed by atoms with Crippen molar-refractivity contribution >= 4 is 17.5 Å². The SMILES string of the molecule is C[C@@H](CN1CCCC1)NC(=O)C1(c2ccc(Cl)cc2)CCOCC1. The molecule has 1 amide bonds. The zero-order chi connectivity index (χ0) is 17.0. The number of nitrogens with one attached hydrogen (secondary N) is 1. The van der Waals surface area contributed by atoms with Gasteiger partial charge in [0.05, 0.1) is 5.41 Å². The maximum absolute atomic E-state index is 13.2. The van der Waals surface area contributed by atoms with E-state index in [-0.39, 0.29) is 11.9 Å². The summed E-state index contributed by atoms with van der Waals surface area (Å²) in [5.41, 5.74) is 0.545. The molecule has 0 aromatic heterocycles. The third-order valence-electron chi connectivity index (χ3n) is 5.29. The Morgan fingerprint density at radius 3 is 2.50 bits per heavy atom. The molecular weight excluding hydrogens is 324 g/mol. The number of carbonyl (C=O) groups excluding carboxylic acids is 1. The summed E-state index contributed by atoms with van der Waals surface area (Å²) in [6, 6.07) is 7.86. The molecule has 0 saturated carbocycles. The van der Waals surface area contributed by atoms with Crippen molar-refractivity contribution in [3.63, 3.8) is 0 Å². The van der Waals surface area contributed by atoms with E-state index in [0.717, 1.165) is 38.0 Å². The molecule has 0 radical (unpaired) electrons. The van der Waals surface area contributed by atoms with Crippen LogP contribution in [0.25, 0.3) is 0 Å². The number of carbonyl (C=O) groups is 1. The first-order valence-corrected chi connectivity index (χ1v) is 9.35. The molecule has 1 N–H and O–H groups in total. The van der Waals surface area contributed by atoms with E-state index in [2.05, 4.69) is 17.1 Å². The molecule has 1 aromatic carbocycles. The number of hydrogen-bond donors (Lipinski definition) is 1. The van der Waals surface area contributed by atoms with Crippen LogP contribution in [0, 0.1) is 0 Å². The van der Waals surface area contributed by atoms with Gasteiger partial charge in [-0.3, -0.25) is 4.79 Å². The van der Waals surface area contributed by atoms with Crippen LogP contribution in [0.1, 0.15) is 38.2 Å². The minimum Gasteiger partial charge on any atom is -0.381 e. The smallest absolute Gasteiger partial charge is 0.231 e. The topological polar surface area (TPSA) is 41.6 Å². The number of amides is 1. The molecule has 1 atom stereocenters. The first-order valence-electron chi connectivity index (χ1n) is 8.97. The highest BCUT2D eigenvalue weighted by Gasteiger charge is 2.42. The maximum Gasteiger partial charge on any atom is 0.231 e. The molecule has 2 aliphatic heterocycles. The van der Waals surface area contributed by atoms with Crippen LogP contribution in [0.2, 0.25) is 5.02 Å². The highest BCUT2D eigenvalue weighted by molar-refractivity contribution is 6.30. The number of rotatable bonds is 5. The van der Waals surface area contributed by atoms with Gasteiger partial charge >= 0.3 is 0 Å². The summed E-state index contributed by atoms with van der Waals surface area (Å²) >= 11 is 6.02. The van der Waals surface area contributed by atoms with Gasteiger partial charge in [0.15, 0.2) is 0 Å². The molecule has 24 heavy (non-hydrogen) atoms. The van der Waals surface area contributed by atoms with Crippen LogP contribution in [0.15, 0.2) is 24.3 Å². The minimum atomic E-state index is -0.498. The van der Waals surface area contributed by atoms with Gasteiger partial charge in [-0.25, -0.2) is 0 Å². The van der Waals surface area contributed by atoms with E-state index in [4.69, 9.17) is 16.3 Å². The van der Waals surface area contributed by atoms with Crippen LogP contribution >= 0.6 is 11.6 Å². The lowest BCUT2D eigenvalue weighted by atomic mass is 9.73. The standard InChI is InChI=1S/C19H27ClN2O2/c1-15(14-22-10-2-3-11-22)21-18(23)19(8-12-24-13-9-19)16-4-6-17(20)7-5-16/h4-7,15H,2-3,8-14H2,1H3,(H,21,23)/t15-/m0/s1. The molecule has 3 rings (SSSR count). The fourth-order valence-electron chi connectivity index (χ4n) is 3.90. The lowest BCUT2D eigenvalue weighted by molar-refractivity contribution is -0.131. The van der Waals surface area contributed by atoms with Gasteiger partial charge < -0.3 is 15.0 Å². The summed E-state index contributed by atoms with van der Waals surface area (Å²) in [4.78, 5) is 15.6. The van der Waals surface area contributed by atoms with Gasteiger partial charge in [0.2, 0.25) is 5.91 Å². The highest BCUT2D eigenvalue weighted by atomic mass is 35.5. The predicted octanol–water partition coefficient (Wildman–Crippen LogP) is 2.99. The van der Waals surface area contributed by atoms with Crippen molar-refractivity contribution in [3.8, 4) is 0 Å². The average molecular weight is 351 g/mol. The van der Waals surface area contributed by atoms with Crippen molar-refractivity contribution in [2.75, 3.05) is 32.8 Å². The van der Waals surface area contributed by atoms with E-state index in [1.807, 2.05) is 24.3 Å². The van der Waals surface area contributed by atoms with E-state index in [0.29, 0.717) is 18.2 Å². The number of hydrogen-bond acceptors (Lipinski definition) is 3. The van der Waals surface area contributed by atoms with Crippen molar-refractivity contribution in [2.45, 2.75) is 44.1 Å². The molecule has 4 nitrogen and oxygen atoms in total. The van der Waals surface area contributed by atoms with E-state index in [9.17, 15) is 4.79 Å². The Morgan fingerprint density at radius 2 is 1.88 bits per heavy atom. The van der Waals surface area contributed by atoms with Crippen molar-refractivity contribution in [3.05, 3.63) is 34.9 Å². The van der Waals surface area contributed by atoms with Gasteiger partial charge in [-0.15, -0.1) is 0 Å². The molecule has 132 valence electrons. The Kier molecular flexibility index (Phi) is 5.80. The number of ether oxygens (including phenoxy) is 1. The van der Waals surface area contributed by atoms with Crippen LogP contribution in [-0.2, 0) is 14.9 Å². The number of benzene rings is 1. The second-order valence-electron chi connectivity index (χ2n) is 7.08. The number of likely N-dealkylation sites (tertiary alicyclic amines) is 1. The van der Waals surface area contributed by atoms with E-state index < -0.39 is 5.41 Å². The number of nitrogens with zero attached hydrogens (tertiary/aromatic N) is 1. The Bertz CT molecular complexity index is 549. The van der Waals surface area contributed by atoms with Crippen LogP contribution in [0.5, 0.6) is 0 Å². The summed E-state index contributed by atoms with van der Waals surface area (Å²) < 4.78 is 5.52. The van der Waals surface area contributed by atoms with E-state index >= 15 is 0 Å². The Balaban J connectivity index is 1.72. The second-order valence-corrected chi connectivity index (χ2v) is 7.52. The molecule has 0 bridgehead atoms. The van der Waals surface area contributed by atoms with Crippen molar-refractivity contribution < 1.29 is 9.53 Å². The van der Waals surface area contributed by atoms with Crippen LogP contribution in [0.4, 0.5) is 0 Å². The second kappa shape index (κ2) is 7.85. The fraction of sp³-hybridized carbons (Fsp3) is 0.632. The minimum absolute atomic E-state index is 0.125. The molecular formula is C19H27ClN2O2. The Labute approximate surface area is 149 Å². The third-order valence-corrected chi connectivity index (χ3v) is 5.54. The van der Waals surface area contributed by atoms with Gasteiger partial charge in [-0.05, 0) is 63.4 Å². The summed E-state index contributed by atoms with van der Waals surface area (Å²) in [6.45, 7) is 6.57. The van der Waals surface area contributed by atoms with Crippen LogP contribution in [0.3, 0.4) is 0 Å². The van der Waals surface area contributed by atoms with Crippen molar-refractivity contribution in [1.82, 2.24) is 10.2 Å². The molecule has 2 heterocycles. The lowest BCUT2D eigenvalue weighted by Gasteiger charge is -2.37. The molecule has 0 spiro atoms. The van der Waals surface area contributed by atoms with Crippen LogP contribution in [-0.4, -0.2) is 49.7 Å². The monoisotopic (exact) mass is 350 g/mol. The van der Waals surface area contributed by atoms with Gasteiger partial charge in [-0.1, -0.05) is 23.7 Å². The number of halogens is 1. The van der Waals surface area contributed by atoms with E-state index in [1.165, 1.54) is 12.8 Å². The summed E-state index contributed by atoms with van der Waals surface area (Å²) in [7, 11) is 0. The lowest BCUT2D eigenvalue weighted by Crippen LogP contribution is -2.52. The Morgan fingerprint density at radius 1 is 1.25 bits per heavy atom. The molecule has 0 unspecified atom stereocenters.